The Kier molecular flexibility index (Phi) is 6.81. The molecule has 1 heterocycles. The van der Waals surface area contributed by atoms with E-state index in [1.807, 2.05) is 26.0 Å². The normalized spacial score (nSPS) is 21.1. The Morgan fingerprint density at radius 3 is 2.35 bits per heavy atom. The predicted octanol–water partition coefficient (Wildman–Crippen LogP) is 3.89. The van der Waals surface area contributed by atoms with E-state index < -0.39 is 6.61 Å². The lowest BCUT2D eigenvalue weighted by atomic mass is 9.79. The van der Waals surface area contributed by atoms with E-state index in [0.29, 0.717) is 5.75 Å². The molecular weight excluding hydrogens is 322 g/mol. The Morgan fingerprint density at radius 1 is 1.30 bits per heavy atom. The summed E-state index contributed by atoms with van der Waals surface area (Å²) in [7, 11) is 0. The van der Waals surface area contributed by atoms with Gasteiger partial charge in [-0.1, -0.05) is 26.0 Å². The van der Waals surface area contributed by atoms with E-state index in [1.165, 1.54) is 0 Å². The number of aryl methyl sites for hydroxylation is 2. The Bertz CT molecular complexity index is 514. The summed E-state index contributed by atoms with van der Waals surface area (Å²) in [6.07, 6.45) is 0.984. The number of hydrogen-bond acceptors (Lipinski definition) is 3. The molecule has 23 heavy (non-hydrogen) atoms. The molecule has 132 valence electrons. The average Bonchev–Trinajstić information content (AvgIpc) is 2.38. The SMILES string of the molecule is Cc1cc(CN2CCC(N)C(C)(C)C2)cc(C)c1OC(F)F.Cl. The summed E-state index contributed by atoms with van der Waals surface area (Å²) >= 11 is 0. The first kappa shape index (κ1) is 20.1. The van der Waals surface area contributed by atoms with E-state index in [0.717, 1.165) is 42.7 Å². The van der Waals surface area contributed by atoms with Gasteiger partial charge in [0, 0.05) is 25.7 Å². The van der Waals surface area contributed by atoms with Gasteiger partial charge in [-0.05, 0) is 42.4 Å². The van der Waals surface area contributed by atoms with Gasteiger partial charge in [0.15, 0.2) is 0 Å². The fourth-order valence-electron chi connectivity index (χ4n) is 3.28. The van der Waals surface area contributed by atoms with Crippen molar-refractivity contribution in [1.29, 1.82) is 0 Å². The Balaban J connectivity index is 0.00000264. The quantitative estimate of drug-likeness (QED) is 0.897. The monoisotopic (exact) mass is 348 g/mol. The molecule has 0 saturated carbocycles. The van der Waals surface area contributed by atoms with E-state index in [9.17, 15) is 8.78 Å². The van der Waals surface area contributed by atoms with Crippen molar-refractivity contribution < 1.29 is 13.5 Å². The minimum absolute atomic E-state index is 0. The van der Waals surface area contributed by atoms with E-state index in [2.05, 4.69) is 23.5 Å². The van der Waals surface area contributed by atoms with Gasteiger partial charge in [0.2, 0.25) is 0 Å². The Labute approximate surface area is 143 Å². The van der Waals surface area contributed by atoms with Crippen molar-refractivity contribution in [3.8, 4) is 5.75 Å². The topological polar surface area (TPSA) is 38.5 Å². The summed E-state index contributed by atoms with van der Waals surface area (Å²) in [6, 6.07) is 4.10. The lowest BCUT2D eigenvalue weighted by Gasteiger charge is -2.42. The molecule has 1 unspecified atom stereocenters. The highest BCUT2D eigenvalue weighted by atomic mass is 35.5. The summed E-state index contributed by atoms with van der Waals surface area (Å²) in [4.78, 5) is 2.38. The van der Waals surface area contributed by atoms with Crippen LogP contribution in [-0.4, -0.2) is 30.6 Å². The summed E-state index contributed by atoms with van der Waals surface area (Å²) in [6.45, 7) is 7.95. The summed E-state index contributed by atoms with van der Waals surface area (Å²) in [5.74, 6) is 0.291. The summed E-state index contributed by atoms with van der Waals surface area (Å²) < 4.78 is 29.5. The molecule has 1 aromatic rings. The average molecular weight is 349 g/mol. The molecule has 1 atom stereocenters. The van der Waals surface area contributed by atoms with Crippen molar-refractivity contribution in [3.05, 3.63) is 28.8 Å². The van der Waals surface area contributed by atoms with Crippen LogP contribution in [0.15, 0.2) is 12.1 Å². The third-order valence-corrected chi connectivity index (χ3v) is 4.52. The van der Waals surface area contributed by atoms with Crippen LogP contribution in [0.3, 0.4) is 0 Å². The standard InChI is InChI=1S/C17H26F2N2O.ClH/c1-11-7-13(8-12(2)15(11)22-16(18)19)9-21-6-5-14(20)17(3,4)10-21;/h7-8,14,16H,5-6,9-10,20H2,1-4H3;1H. The van der Waals surface area contributed by atoms with Crippen LogP contribution in [0.2, 0.25) is 0 Å². The lowest BCUT2D eigenvalue weighted by Crippen LogP contribution is -2.52. The number of nitrogens with two attached hydrogens (primary N) is 1. The fraction of sp³-hybridized carbons (Fsp3) is 0.647. The van der Waals surface area contributed by atoms with Crippen molar-refractivity contribution >= 4 is 12.4 Å². The third-order valence-electron chi connectivity index (χ3n) is 4.52. The van der Waals surface area contributed by atoms with Crippen molar-refractivity contribution in [2.24, 2.45) is 11.1 Å². The number of ether oxygens (including phenoxy) is 1. The van der Waals surface area contributed by atoms with Crippen molar-refractivity contribution in [1.82, 2.24) is 4.90 Å². The number of benzene rings is 1. The molecule has 0 amide bonds. The van der Waals surface area contributed by atoms with Gasteiger partial charge in [0.1, 0.15) is 5.75 Å². The molecule has 1 aliphatic rings. The smallest absolute Gasteiger partial charge is 0.387 e. The van der Waals surface area contributed by atoms with Gasteiger partial charge >= 0.3 is 6.61 Å². The molecule has 0 aliphatic carbocycles. The van der Waals surface area contributed by atoms with Crippen molar-refractivity contribution in [3.63, 3.8) is 0 Å². The van der Waals surface area contributed by atoms with Crippen LogP contribution in [0, 0.1) is 19.3 Å². The molecular formula is C17H27ClF2N2O. The van der Waals surface area contributed by atoms with E-state index in [-0.39, 0.29) is 23.9 Å². The molecule has 3 nitrogen and oxygen atoms in total. The molecule has 2 rings (SSSR count). The minimum atomic E-state index is -2.78. The maximum Gasteiger partial charge on any atom is 0.387 e. The number of hydrogen-bond donors (Lipinski definition) is 1. The molecule has 2 N–H and O–H groups in total. The van der Waals surface area contributed by atoms with Crippen molar-refractivity contribution in [2.45, 2.75) is 53.3 Å². The largest absolute Gasteiger partial charge is 0.434 e. The zero-order chi connectivity index (χ0) is 16.5. The molecule has 0 bridgehead atoms. The number of rotatable bonds is 4. The first-order chi connectivity index (χ1) is 10.2. The van der Waals surface area contributed by atoms with Gasteiger partial charge in [0.25, 0.3) is 0 Å². The van der Waals surface area contributed by atoms with Gasteiger partial charge in [0.05, 0.1) is 0 Å². The third kappa shape index (κ3) is 5.03. The molecule has 1 aliphatic heterocycles. The molecule has 1 aromatic carbocycles. The van der Waals surface area contributed by atoms with Crippen LogP contribution in [-0.2, 0) is 6.54 Å². The molecule has 0 radical (unpaired) electrons. The van der Waals surface area contributed by atoms with Crippen LogP contribution >= 0.6 is 12.4 Å². The lowest BCUT2D eigenvalue weighted by molar-refractivity contribution is -0.0507. The maximum absolute atomic E-state index is 12.4. The second-order valence-electron chi connectivity index (χ2n) is 7.03. The molecule has 1 fully saturated rings. The minimum Gasteiger partial charge on any atom is -0.434 e. The summed E-state index contributed by atoms with van der Waals surface area (Å²) in [5.41, 5.74) is 8.90. The molecule has 0 spiro atoms. The number of halogens is 3. The Morgan fingerprint density at radius 2 is 1.87 bits per heavy atom. The molecule has 6 heteroatoms. The first-order valence-corrected chi connectivity index (χ1v) is 7.72. The van der Waals surface area contributed by atoms with Crippen LogP contribution in [0.5, 0.6) is 5.75 Å². The van der Waals surface area contributed by atoms with Gasteiger partial charge in [-0.3, -0.25) is 4.90 Å². The molecule has 0 aromatic heterocycles. The highest BCUT2D eigenvalue weighted by molar-refractivity contribution is 5.85. The highest BCUT2D eigenvalue weighted by Gasteiger charge is 2.33. The van der Waals surface area contributed by atoms with E-state index in [1.54, 1.807) is 0 Å². The van der Waals surface area contributed by atoms with Crippen LogP contribution < -0.4 is 10.5 Å². The second kappa shape index (κ2) is 7.77. The maximum atomic E-state index is 12.4. The van der Waals surface area contributed by atoms with Crippen LogP contribution in [0.4, 0.5) is 8.78 Å². The van der Waals surface area contributed by atoms with Gasteiger partial charge in [-0.15, -0.1) is 12.4 Å². The zero-order valence-corrected chi connectivity index (χ0v) is 15.1. The Hall–Kier alpha value is -0.910. The van der Waals surface area contributed by atoms with Gasteiger partial charge < -0.3 is 10.5 Å². The fourth-order valence-corrected chi connectivity index (χ4v) is 3.28. The molecule has 1 saturated heterocycles. The number of piperidine rings is 1. The first-order valence-electron chi connectivity index (χ1n) is 7.72. The second-order valence-corrected chi connectivity index (χ2v) is 7.03. The van der Waals surface area contributed by atoms with E-state index >= 15 is 0 Å². The predicted molar refractivity (Wildman–Crippen MR) is 91.4 cm³/mol. The van der Waals surface area contributed by atoms with Crippen molar-refractivity contribution in [2.75, 3.05) is 13.1 Å². The zero-order valence-electron chi connectivity index (χ0n) is 14.2. The van der Waals surface area contributed by atoms with Crippen LogP contribution in [0.1, 0.15) is 37.0 Å². The number of nitrogens with zero attached hydrogens (tertiary/aromatic N) is 1. The number of alkyl halides is 2. The van der Waals surface area contributed by atoms with Crippen LogP contribution in [0.25, 0.3) is 0 Å². The van der Waals surface area contributed by atoms with Gasteiger partial charge in [-0.25, -0.2) is 0 Å². The highest BCUT2D eigenvalue weighted by Crippen LogP contribution is 2.30. The number of likely N-dealkylation sites (tertiary alicyclic amines) is 1. The van der Waals surface area contributed by atoms with E-state index in [4.69, 9.17) is 5.73 Å². The summed E-state index contributed by atoms with van der Waals surface area (Å²) in [5, 5.41) is 0. The van der Waals surface area contributed by atoms with Gasteiger partial charge in [-0.2, -0.15) is 8.78 Å².